The second-order valence-corrected chi connectivity index (χ2v) is 4.43. The van der Waals surface area contributed by atoms with Gasteiger partial charge in [-0.3, -0.25) is 9.78 Å². The number of nitrogens with zero attached hydrogens (tertiary/aromatic N) is 2. The molecule has 5 nitrogen and oxygen atoms in total. The minimum absolute atomic E-state index is 0.0777. The summed E-state index contributed by atoms with van der Waals surface area (Å²) in [6.07, 6.45) is 1.41. The van der Waals surface area contributed by atoms with Gasteiger partial charge in [0.05, 0.1) is 31.8 Å². The SMILES string of the molecule is [B]CC(=O)c1ccc(OCc2ccc(C#N)cn2)cc1OC. The van der Waals surface area contributed by atoms with Crippen molar-refractivity contribution in [1.82, 2.24) is 4.98 Å². The lowest BCUT2D eigenvalue weighted by Crippen LogP contribution is -2.03. The third-order valence-corrected chi connectivity index (χ3v) is 3.00. The molecular formula is C16H13BN2O3. The van der Waals surface area contributed by atoms with E-state index in [1.807, 2.05) is 6.07 Å². The standard InChI is InChI=1S/C16H13BN2O3/c1-21-16-6-13(4-5-14(16)15(20)7-17)22-10-12-3-2-11(8-18)9-19-12/h2-6,9H,7,10H2,1H3. The molecule has 1 aromatic carbocycles. The molecule has 2 rings (SSSR count). The smallest absolute Gasteiger partial charge is 0.158 e. The van der Waals surface area contributed by atoms with E-state index < -0.39 is 0 Å². The topological polar surface area (TPSA) is 72.2 Å². The number of methoxy groups -OCH3 is 1. The van der Waals surface area contributed by atoms with Crippen LogP contribution in [0.1, 0.15) is 21.6 Å². The molecule has 0 N–H and O–H groups in total. The van der Waals surface area contributed by atoms with Gasteiger partial charge in [0, 0.05) is 12.3 Å². The molecule has 0 aliphatic heterocycles. The molecule has 6 heteroatoms. The highest BCUT2D eigenvalue weighted by molar-refractivity contribution is 6.24. The van der Waals surface area contributed by atoms with Crippen LogP contribution in [0.4, 0.5) is 0 Å². The minimum Gasteiger partial charge on any atom is -0.496 e. The average molecular weight is 292 g/mol. The molecule has 0 unspecified atom stereocenters. The van der Waals surface area contributed by atoms with E-state index in [1.165, 1.54) is 13.3 Å². The van der Waals surface area contributed by atoms with Crippen molar-refractivity contribution in [1.29, 1.82) is 5.26 Å². The van der Waals surface area contributed by atoms with Gasteiger partial charge < -0.3 is 9.47 Å². The largest absolute Gasteiger partial charge is 0.496 e. The Morgan fingerprint density at radius 1 is 1.36 bits per heavy atom. The molecule has 0 fully saturated rings. The zero-order valence-electron chi connectivity index (χ0n) is 12.1. The van der Waals surface area contributed by atoms with E-state index in [0.29, 0.717) is 28.3 Å². The highest BCUT2D eigenvalue weighted by Crippen LogP contribution is 2.26. The number of benzene rings is 1. The Kier molecular flexibility index (Phi) is 5.15. The number of hydrogen-bond donors (Lipinski definition) is 0. The van der Waals surface area contributed by atoms with Crippen molar-refractivity contribution >= 4 is 13.6 Å². The molecule has 0 spiro atoms. The molecule has 0 aliphatic rings. The maximum absolute atomic E-state index is 11.7. The summed E-state index contributed by atoms with van der Waals surface area (Å²) in [6.45, 7) is 0.249. The van der Waals surface area contributed by atoms with Crippen LogP contribution in [0.15, 0.2) is 36.5 Å². The van der Waals surface area contributed by atoms with Crippen LogP contribution in [0, 0.1) is 11.3 Å². The van der Waals surface area contributed by atoms with Crippen molar-refractivity contribution in [3.8, 4) is 17.6 Å². The number of carbonyl (C=O) groups is 1. The highest BCUT2D eigenvalue weighted by atomic mass is 16.5. The molecule has 0 saturated heterocycles. The van der Waals surface area contributed by atoms with Gasteiger partial charge in [-0.2, -0.15) is 5.26 Å². The van der Waals surface area contributed by atoms with Crippen molar-refractivity contribution in [3.05, 3.63) is 53.3 Å². The molecule has 2 radical (unpaired) electrons. The Bertz CT molecular complexity index is 708. The van der Waals surface area contributed by atoms with E-state index in [1.54, 1.807) is 30.3 Å². The first kappa shape index (κ1) is 15.6. The van der Waals surface area contributed by atoms with Gasteiger partial charge in [0.15, 0.2) is 5.78 Å². The first-order valence-electron chi connectivity index (χ1n) is 6.57. The first-order chi connectivity index (χ1) is 10.7. The Morgan fingerprint density at radius 3 is 2.77 bits per heavy atom. The van der Waals surface area contributed by atoms with Gasteiger partial charge in [0.25, 0.3) is 0 Å². The van der Waals surface area contributed by atoms with Gasteiger partial charge in [-0.25, -0.2) is 0 Å². The van der Waals surface area contributed by atoms with Crippen LogP contribution in [-0.4, -0.2) is 25.7 Å². The van der Waals surface area contributed by atoms with Crippen LogP contribution in [0.3, 0.4) is 0 Å². The fourth-order valence-corrected chi connectivity index (χ4v) is 1.83. The molecule has 22 heavy (non-hydrogen) atoms. The number of nitriles is 1. The second-order valence-electron chi connectivity index (χ2n) is 4.43. The number of Topliss-reactive ketones (excluding diaryl/α,β-unsaturated/α-hetero) is 1. The molecule has 0 aliphatic carbocycles. The molecule has 0 saturated carbocycles. The van der Waals surface area contributed by atoms with Crippen molar-refractivity contribution in [2.24, 2.45) is 0 Å². The zero-order valence-corrected chi connectivity index (χ0v) is 12.1. The number of hydrogen-bond acceptors (Lipinski definition) is 5. The summed E-state index contributed by atoms with van der Waals surface area (Å²) in [5.41, 5.74) is 1.61. The fourth-order valence-electron chi connectivity index (χ4n) is 1.83. The van der Waals surface area contributed by atoms with Crippen molar-refractivity contribution in [3.63, 3.8) is 0 Å². The lowest BCUT2D eigenvalue weighted by molar-refractivity contribution is 0.101. The van der Waals surface area contributed by atoms with Crippen molar-refractivity contribution in [2.75, 3.05) is 7.11 Å². The number of pyridine rings is 1. The normalized spacial score (nSPS) is 9.82. The number of aromatic nitrogens is 1. The molecule has 0 atom stereocenters. The van der Waals surface area contributed by atoms with Gasteiger partial charge in [-0.1, -0.05) is 0 Å². The van der Waals surface area contributed by atoms with E-state index in [9.17, 15) is 4.79 Å². The summed E-state index contributed by atoms with van der Waals surface area (Å²) >= 11 is 0. The molecule has 1 heterocycles. The third kappa shape index (κ3) is 3.64. The summed E-state index contributed by atoms with van der Waals surface area (Å²) in [6, 6.07) is 10.3. The van der Waals surface area contributed by atoms with Crippen molar-refractivity contribution in [2.45, 2.75) is 12.9 Å². The second kappa shape index (κ2) is 7.27. The van der Waals surface area contributed by atoms with Crippen LogP contribution in [0.25, 0.3) is 0 Å². The number of carbonyl (C=O) groups excluding carboxylic acids is 1. The average Bonchev–Trinajstić information content (AvgIpc) is 2.59. The maximum Gasteiger partial charge on any atom is 0.158 e. The highest BCUT2D eigenvalue weighted by Gasteiger charge is 2.11. The molecule has 2 aromatic rings. The maximum atomic E-state index is 11.7. The van der Waals surface area contributed by atoms with Gasteiger partial charge in [-0.15, -0.1) is 0 Å². The number of ketones is 1. The quantitative estimate of drug-likeness (QED) is 0.603. The Labute approximate surface area is 129 Å². The molecule has 0 amide bonds. The van der Waals surface area contributed by atoms with Gasteiger partial charge in [0.2, 0.25) is 0 Å². The van der Waals surface area contributed by atoms with Crippen LogP contribution in [-0.2, 0) is 6.61 Å². The summed E-state index contributed by atoms with van der Waals surface area (Å²) < 4.78 is 10.8. The summed E-state index contributed by atoms with van der Waals surface area (Å²) in [5.74, 6) is 0.773. The van der Waals surface area contributed by atoms with E-state index >= 15 is 0 Å². The van der Waals surface area contributed by atoms with Crippen LogP contribution in [0.2, 0.25) is 6.32 Å². The fraction of sp³-hybridized carbons (Fsp3) is 0.188. The van der Waals surface area contributed by atoms with E-state index in [2.05, 4.69) is 4.98 Å². The summed E-state index contributed by atoms with van der Waals surface area (Å²) in [4.78, 5) is 15.8. The molecule has 1 aromatic heterocycles. The predicted molar refractivity (Wildman–Crippen MR) is 81.2 cm³/mol. The van der Waals surface area contributed by atoms with Gasteiger partial charge in [0.1, 0.15) is 24.2 Å². The van der Waals surface area contributed by atoms with Gasteiger partial charge in [-0.05, 0) is 30.6 Å². The zero-order chi connectivity index (χ0) is 15.9. The lowest BCUT2D eigenvalue weighted by atomic mass is 9.95. The molecule has 108 valence electrons. The summed E-state index contributed by atoms with van der Waals surface area (Å²) in [5, 5.41) is 8.71. The van der Waals surface area contributed by atoms with Crippen LogP contribution >= 0.6 is 0 Å². The number of rotatable bonds is 6. The third-order valence-electron chi connectivity index (χ3n) is 3.00. The predicted octanol–water partition coefficient (Wildman–Crippen LogP) is 2.31. The van der Waals surface area contributed by atoms with Gasteiger partial charge >= 0.3 is 0 Å². The van der Waals surface area contributed by atoms with E-state index in [4.69, 9.17) is 22.6 Å². The monoisotopic (exact) mass is 292 g/mol. The molecule has 0 bridgehead atoms. The van der Waals surface area contributed by atoms with E-state index in [0.717, 1.165) is 0 Å². The Balaban J connectivity index is 2.09. The molecular weight excluding hydrogens is 279 g/mol. The number of ether oxygens (including phenoxy) is 2. The summed E-state index contributed by atoms with van der Waals surface area (Å²) in [7, 11) is 6.84. The van der Waals surface area contributed by atoms with Crippen LogP contribution < -0.4 is 9.47 Å². The van der Waals surface area contributed by atoms with Crippen LogP contribution in [0.5, 0.6) is 11.5 Å². The first-order valence-corrected chi connectivity index (χ1v) is 6.57. The minimum atomic E-state index is -0.197. The Hall–Kier alpha value is -2.81. The van der Waals surface area contributed by atoms with E-state index in [-0.39, 0.29) is 18.7 Å². The Morgan fingerprint density at radius 2 is 2.18 bits per heavy atom. The lowest BCUT2D eigenvalue weighted by Gasteiger charge is -2.10. The van der Waals surface area contributed by atoms with Crippen molar-refractivity contribution < 1.29 is 14.3 Å².